The minimum atomic E-state index is -0.369. The van der Waals surface area contributed by atoms with Gasteiger partial charge in [-0.15, -0.1) is 0 Å². The highest BCUT2D eigenvalue weighted by Crippen LogP contribution is 2.41. The van der Waals surface area contributed by atoms with E-state index >= 15 is 0 Å². The first-order valence-corrected chi connectivity index (χ1v) is 10.7. The van der Waals surface area contributed by atoms with Crippen LogP contribution in [0.4, 0.5) is 0 Å². The maximum atomic E-state index is 11.7. The van der Waals surface area contributed by atoms with Crippen molar-refractivity contribution in [2.75, 3.05) is 6.61 Å². The Kier molecular flexibility index (Phi) is 6.60. The predicted molar refractivity (Wildman–Crippen MR) is 130 cm³/mol. The van der Waals surface area contributed by atoms with Gasteiger partial charge in [0.05, 0.1) is 6.61 Å². The van der Waals surface area contributed by atoms with Gasteiger partial charge in [-0.05, 0) is 77.5 Å². The summed E-state index contributed by atoms with van der Waals surface area (Å²) in [6, 6.07) is 23.3. The largest absolute Gasteiger partial charge is 0.508 e. The molecule has 0 atom stereocenters. The van der Waals surface area contributed by atoms with Crippen molar-refractivity contribution in [3.05, 3.63) is 90.5 Å². The number of esters is 1. The molecule has 2 N–H and O–H groups in total. The van der Waals surface area contributed by atoms with Crippen LogP contribution in [-0.2, 0) is 9.53 Å². The molecule has 0 heterocycles. The summed E-state index contributed by atoms with van der Waals surface area (Å²) in [5.74, 6) is 1.20. The van der Waals surface area contributed by atoms with Gasteiger partial charge in [-0.2, -0.15) is 0 Å². The van der Waals surface area contributed by atoms with Gasteiger partial charge in [-0.1, -0.05) is 37.3 Å². The van der Waals surface area contributed by atoms with Gasteiger partial charge in [0, 0.05) is 17.0 Å². The average Bonchev–Trinajstić information content (AvgIpc) is 2.82. The summed E-state index contributed by atoms with van der Waals surface area (Å²) in [5.41, 5.74) is 2.46. The van der Waals surface area contributed by atoms with Gasteiger partial charge < -0.3 is 19.7 Å². The smallest absolute Gasteiger partial charge is 0.330 e. The van der Waals surface area contributed by atoms with Gasteiger partial charge in [0.2, 0.25) is 0 Å². The number of fused-ring (bicyclic) bond motifs is 1. The number of hydrogen-bond donors (Lipinski definition) is 2. The van der Waals surface area contributed by atoms with E-state index in [2.05, 4.69) is 0 Å². The van der Waals surface area contributed by atoms with Crippen LogP contribution in [0, 0.1) is 0 Å². The first-order chi connectivity index (χ1) is 16.0. The zero-order valence-electron chi connectivity index (χ0n) is 18.2. The van der Waals surface area contributed by atoms with E-state index in [-0.39, 0.29) is 17.5 Å². The second kappa shape index (κ2) is 9.92. The Bertz CT molecular complexity index is 1310. The lowest BCUT2D eigenvalue weighted by Crippen LogP contribution is -2.00. The summed E-state index contributed by atoms with van der Waals surface area (Å²) in [6.45, 7) is 2.35. The van der Waals surface area contributed by atoms with Crippen LogP contribution < -0.4 is 4.74 Å². The Balaban J connectivity index is 1.67. The van der Waals surface area contributed by atoms with Crippen LogP contribution in [0.2, 0.25) is 0 Å². The normalized spacial score (nSPS) is 11.1. The number of phenolic OH excluding ortho intramolecular Hbond substituents is 2. The summed E-state index contributed by atoms with van der Waals surface area (Å²) in [4.78, 5) is 11.7. The molecular weight excluding hydrogens is 416 g/mol. The lowest BCUT2D eigenvalue weighted by Gasteiger charge is -2.15. The standard InChI is InChI=1S/C28H24O5/c1-2-16-32-27(31)15-8-19-6-11-24(12-7-19)33-28-25(20-4-3-5-22(29)17-20)13-9-21-18-23(30)10-14-26(21)28/h3-15,17-18,29-30H,2,16H2,1H3. The molecule has 33 heavy (non-hydrogen) atoms. The van der Waals surface area contributed by atoms with E-state index in [1.165, 1.54) is 6.08 Å². The average molecular weight is 440 g/mol. The van der Waals surface area contributed by atoms with Crippen LogP contribution in [0.1, 0.15) is 18.9 Å². The van der Waals surface area contributed by atoms with Gasteiger partial charge in [-0.25, -0.2) is 4.79 Å². The second-order valence-corrected chi connectivity index (χ2v) is 7.57. The first-order valence-electron chi connectivity index (χ1n) is 10.7. The van der Waals surface area contributed by atoms with Gasteiger partial charge >= 0.3 is 5.97 Å². The molecule has 0 saturated heterocycles. The Morgan fingerprint density at radius 3 is 2.45 bits per heavy atom. The summed E-state index contributed by atoms with van der Waals surface area (Å²) >= 11 is 0. The van der Waals surface area contributed by atoms with Crippen LogP contribution in [0.25, 0.3) is 28.0 Å². The molecule has 0 radical (unpaired) electrons. The molecule has 4 rings (SSSR count). The number of hydrogen-bond acceptors (Lipinski definition) is 5. The first kappa shape index (κ1) is 22.0. The van der Waals surface area contributed by atoms with E-state index in [1.807, 2.05) is 55.5 Å². The summed E-state index contributed by atoms with van der Waals surface area (Å²) in [7, 11) is 0. The Hall–Kier alpha value is -4.25. The predicted octanol–water partition coefficient (Wildman–Crippen LogP) is 6.68. The van der Waals surface area contributed by atoms with Crippen molar-refractivity contribution < 1.29 is 24.5 Å². The SMILES string of the molecule is CCCOC(=O)C=Cc1ccc(Oc2c(-c3cccc(O)c3)ccc3cc(O)ccc23)cc1. The summed E-state index contributed by atoms with van der Waals surface area (Å²) in [6.07, 6.45) is 3.88. The molecule has 166 valence electrons. The van der Waals surface area contributed by atoms with Crippen molar-refractivity contribution in [2.24, 2.45) is 0 Å². The maximum Gasteiger partial charge on any atom is 0.330 e. The molecule has 5 nitrogen and oxygen atoms in total. The highest BCUT2D eigenvalue weighted by Gasteiger charge is 2.13. The summed E-state index contributed by atoms with van der Waals surface area (Å²) in [5, 5.41) is 21.5. The number of carbonyl (C=O) groups excluding carboxylic acids is 1. The monoisotopic (exact) mass is 440 g/mol. The minimum absolute atomic E-state index is 0.165. The van der Waals surface area contributed by atoms with Crippen molar-refractivity contribution in [1.29, 1.82) is 0 Å². The molecule has 0 spiro atoms. The molecule has 0 unspecified atom stereocenters. The van der Waals surface area contributed by atoms with Gasteiger partial charge in [0.25, 0.3) is 0 Å². The molecule has 0 aliphatic carbocycles. The topological polar surface area (TPSA) is 76.0 Å². The Morgan fingerprint density at radius 1 is 0.909 bits per heavy atom. The third-order valence-corrected chi connectivity index (χ3v) is 5.07. The van der Waals surface area contributed by atoms with Crippen molar-refractivity contribution >= 4 is 22.8 Å². The van der Waals surface area contributed by atoms with E-state index in [0.717, 1.165) is 33.9 Å². The van der Waals surface area contributed by atoms with E-state index < -0.39 is 0 Å². The van der Waals surface area contributed by atoms with Crippen LogP contribution in [0.15, 0.2) is 84.9 Å². The zero-order valence-corrected chi connectivity index (χ0v) is 18.2. The minimum Gasteiger partial charge on any atom is -0.508 e. The zero-order chi connectivity index (χ0) is 23.2. The van der Waals surface area contributed by atoms with E-state index in [1.54, 1.807) is 36.4 Å². The molecule has 0 bridgehead atoms. The number of carbonyl (C=O) groups is 1. The van der Waals surface area contributed by atoms with Crippen LogP contribution in [-0.4, -0.2) is 22.8 Å². The lowest BCUT2D eigenvalue weighted by atomic mass is 9.99. The third-order valence-electron chi connectivity index (χ3n) is 5.07. The van der Waals surface area contributed by atoms with Gasteiger partial charge in [0.1, 0.15) is 23.0 Å². The van der Waals surface area contributed by atoms with Gasteiger partial charge in [0.15, 0.2) is 0 Å². The number of aromatic hydroxyl groups is 2. The molecule has 0 fully saturated rings. The van der Waals surface area contributed by atoms with Crippen LogP contribution in [0.3, 0.4) is 0 Å². The Labute approximate surface area is 192 Å². The fourth-order valence-corrected chi connectivity index (χ4v) is 3.48. The molecule has 0 aliphatic heterocycles. The molecule has 4 aromatic carbocycles. The fraction of sp³-hybridized carbons (Fsp3) is 0.107. The van der Waals surface area contributed by atoms with Crippen molar-refractivity contribution in [2.45, 2.75) is 13.3 Å². The lowest BCUT2D eigenvalue weighted by molar-refractivity contribution is -0.137. The second-order valence-electron chi connectivity index (χ2n) is 7.57. The number of benzene rings is 4. The number of rotatable bonds is 7. The molecule has 0 amide bonds. The molecule has 0 saturated carbocycles. The fourth-order valence-electron chi connectivity index (χ4n) is 3.48. The third kappa shape index (κ3) is 5.33. The van der Waals surface area contributed by atoms with Gasteiger partial charge in [-0.3, -0.25) is 0 Å². The molecule has 0 aliphatic rings. The highest BCUT2D eigenvalue weighted by molar-refractivity contribution is 5.96. The van der Waals surface area contributed by atoms with E-state index in [9.17, 15) is 15.0 Å². The molecular formula is C28H24O5. The number of phenols is 2. The quantitative estimate of drug-likeness (QED) is 0.248. The maximum absolute atomic E-state index is 11.7. The molecule has 0 aromatic heterocycles. The van der Waals surface area contributed by atoms with E-state index in [4.69, 9.17) is 9.47 Å². The van der Waals surface area contributed by atoms with Crippen molar-refractivity contribution in [1.82, 2.24) is 0 Å². The van der Waals surface area contributed by atoms with Crippen molar-refractivity contribution in [3.8, 4) is 34.1 Å². The number of ether oxygens (including phenoxy) is 2. The highest BCUT2D eigenvalue weighted by atomic mass is 16.5. The van der Waals surface area contributed by atoms with Crippen LogP contribution in [0.5, 0.6) is 23.0 Å². The molecule has 5 heteroatoms. The Morgan fingerprint density at radius 2 is 1.70 bits per heavy atom. The summed E-state index contributed by atoms with van der Waals surface area (Å²) < 4.78 is 11.4. The molecule has 4 aromatic rings. The van der Waals surface area contributed by atoms with Crippen molar-refractivity contribution in [3.63, 3.8) is 0 Å². The van der Waals surface area contributed by atoms with E-state index in [0.29, 0.717) is 18.1 Å². The van der Waals surface area contributed by atoms with Crippen LogP contribution >= 0.6 is 0 Å².